The SMILES string of the molecule is COCCN(Cc1cnn(C)c1)C(=O)c1cc(C(C)C)n2ncnc2n1. The molecule has 0 bridgehead atoms. The summed E-state index contributed by atoms with van der Waals surface area (Å²) in [5.41, 5.74) is 2.20. The fourth-order valence-corrected chi connectivity index (χ4v) is 2.75. The van der Waals surface area contributed by atoms with Crippen molar-refractivity contribution in [1.29, 1.82) is 0 Å². The lowest BCUT2D eigenvalue weighted by atomic mass is 10.1. The van der Waals surface area contributed by atoms with E-state index in [9.17, 15) is 4.79 Å². The van der Waals surface area contributed by atoms with E-state index < -0.39 is 0 Å². The molecule has 0 saturated heterocycles. The fraction of sp³-hybridized carbons (Fsp3) is 0.471. The highest BCUT2D eigenvalue weighted by molar-refractivity contribution is 5.92. The zero-order valence-corrected chi connectivity index (χ0v) is 15.5. The van der Waals surface area contributed by atoms with Crippen LogP contribution in [-0.2, 0) is 18.3 Å². The van der Waals surface area contributed by atoms with Crippen molar-refractivity contribution in [2.45, 2.75) is 26.3 Å². The first-order valence-electron chi connectivity index (χ1n) is 8.46. The third-order valence-corrected chi connectivity index (χ3v) is 4.07. The highest BCUT2D eigenvalue weighted by Gasteiger charge is 2.21. The molecule has 3 aromatic rings. The van der Waals surface area contributed by atoms with E-state index in [1.807, 2.05) is 27.1 Å². The number of aromatic nitrogens is 6. The molecule has 26 heavy (non-hydrogen) atoms. The summed E-state index contributed by atoms with van der Waals surface area (Å²) in [7, 11) is 3.46. The number of carbonyl (C=O) groups excluding carboxylic acids is 1. The van der Waals surface area contributed by atoms with Gasteiger partial charge in [0, 0.05) is 39.0 Å². The van der Waals surface area contributed by atoms with Crippen LogP contribution in [0.5, 0.6) is 0 Å². The monoisotopic (exact) mass is 357 g/mol. The number of fused-ring (bicyclic) bond motifs is 1. The van der Waals surface area contributed by atoms with Gasteiger partial charge in [-0.25, -0.2) is 9.50 Å². The first-order valence-corrected chi connectivity index (χ1v) is 8.46. The number of hydrogen-bond acceptors (Lipinski definition) is 6. The van der Waals surface area contributed by atoms with Gasteiger partial charge in [0.15, 0.2) is 0 Å². The maximum absolute atomic E-state index is 13.1. The van der Waals surface area contributed by atoms with Crippen LogP contribution in [0.15, 0.2) is 24.8 Å². The second kappa shape index (κ2) is 7.61. The normalized spacial score (nSPS) is 11.4. The molecule has 0 aliphatic rings. The zero-order valence-electron chi connectivity index (χ0n) is 15.5. The Balaban J connectivity index is 1.93. The maximum atomic E-state index is 13.1. The predicted molar refractivity (Wildman–Crippen MR) is 94.7 cm³/mol. The highest BCUT2D eigenvalue weighted by atomic mass is 16.5. The van der Waals surface area contributed by atoms with Gasteiger partial charge < -0.3 is 9.64 Å². The van der Waals surface area contributed by atoms with Crippen molar-refractivity contribution >= 4 is 11.7 Å². The lowest BCUT2D eigenvalue weighted by Gasteiger charge is -2.22. The van der Waals surface area contributed by atoms with E-state index in [-0.39, 0.29) is 11.8 Å². The molecule has 0 aliphatic carbocycles. The first-order chi connectivity index (χ1) is 12.5. The Morgan fingerprint density at radius 2 is 2.15 bits per heavy atom. The summed E-state index contributed by atoms with van der Waals surface area (Å²) in [6.45, 7) is 5.43. The van der Waals surface area contributed by atoms with Crippen LogP contribution in [-0.4, -0.2) is 60.4 Å². The molecular weight excluding hydrogens is 334 g/mol. The van der Waals surface area contributed by atoms with Crippen molar-refractivity contribution in [3.8, 4) is 0 Å². The zero-order chi connectivity index (χ0) is 18.7. The van der Waals surface area contributed by atoms with Crippen LogP contribution in [0.25, 0.3) is 5.78 Å². The summed E-state index contributed by atoms with van der Waals surface area (Å²) in [6.07, 6.45) is 5.09. The van der Waals surface area contributed by atoms with Gasteiger partial charge in [0.25, 0.3) is 11.7 Å². The largest absolute Gasteiger partial charge is 0.383 e. The van der Waals surface area contributed by atoms with Gasteiger partial charge in [0.1, 0.15) is 12.0 Å². The van der Waals surface area contributed by atoms with Crippen molar-refractivity contribution in [1.82, 2.24) is 34.3 Å². The van der Waals surface area contributed by atoms with E-state index >= 15 is 0 Å². The minimum absolute atomic E-state index is 0.168. The second-order valence-electron chi connectivity index (χ2n) is 6.43. The minimum atomic E-state index is -0.168. The lowest BCUT2D eigenvalue weighted by molar-refractivity contribution is 0.0674. The van der Waals surface area contributed by atoms with Crippen LogP contribution < -0.4 is 0 Å². The van der Waals surface area contributed by atoms with Crippen molar-refractivity contribution in [2.75, 3.05) is 20.3 Å². The van der Waals surface area contributed by atoms with Gasteiger partial charge in [-0.15, -0.1) is 0 Å². The van der Waals surface area contributed by atoms with Crippen molar-refractivity contribution < 1.29 is 9.53 Å². The molecule has 1 amide bonds. The van der Waals surface area contributed by atoms with Crippen LogP contribution in [0.3, 0.4) is 0 Å². The molecule has 0 saturated carbocycles. The Bertz CT molecular complexity index is 900. The maximum Gasteiger partial charge on any atom is 0.273 e. The van der Waals surface area contributed by atoms with Crippen LogP contribution >= 0.6 is 0 Å². The van der Waals surface area contributed by atoms with Crippen LogP contribution in [0.4, 0.5) is 0 Å². The van der Waals surface area contributed by atoms with Crippen LogP contribution in [0, 0.1) is 0 Å². The molecule has 0 spiro atoms. The number of aryl methyl sites for hydroxylation is 1. The number of rotatable bonds is 7. The topological polar surface area (TPSA) is 90.4 Å². The molecule has 0 aromatic carbocycles. The predicted octanol–water partition coefficient (Wildman–Crippen LogP) is 1.27. The molecule has 0 aliphatic heterocycles. The standard InChI is InChI=1S/C17H23N7O2/c1-12(2)15-7-14(21-17-18-11-20-24(15)17)16(25)23(5-6-26-4)10-13-8-19-22(3)9-13/h7-9,11-12H,5-6,10H2,1-4H3. The summed E-state index contributed by atoms with van der Waals surface area (Å²) in [4.78, 5) is 23.4. The Hall–Kier alpha value is -2.81. The molecule has 138 valence electrons. The molecule has 0 atom stereocenters. The molecule has 0 radical (unpaired) electrons. The summed E-state index contributed by atoms with van der Waals surface area (Å²) in [6, 6.07) is 1.79. The van der Waals surface area contributed by atoms with E-state index in [4.69, 9.17) is 4.74 Å². The van der Waals surface area contributed by atoms with Crippen LogP contribution in [0.2, 0.25) is 0 Å². The molecule has 3 rings (SSSR count). The van der Waals surface area contributed by atoms with Gasteiger partial charge in [-0.3, -0.25) is 9.48 Å². The van der Waals surface area contributed by atoms with Gasteiger partial charge in [0.2, 0.25) is 0 Å². The van der Waals surface area contributed by atoms with Gasteiger partial charge in [-0.1, -0.05) is 13.8 Å². The molecule has 9 heteroatoms. The average molecular weight is 357 g/mol. The van der Waals surface area contributed by atoms with Gasteiger partial charge >= 0.3 is 0 Å². The van der Waals surface area contributed by atoms with Crippen molar-refractivity contribution in [3.63, 3.8) is 0 Å². The van der Waals surface area contributed by atoms with Gasteiger partial charge in [0.05, 0.1) is 18.5 Å². The van der Waals surface area contributed by atoms with Gasteiger partial charge in [-0.05, 0) is 12.0 Å². The lowest BCUT2D eigenvalue weighted by Crippen LogP contribution is -2.34. The Kier molecular flexibility index (Phi) is 5.27. The van der Waals surface area contributed by atoms with E-state index in [1.165, 1.54) is 6.33 Å². The van der Waals surface area contributed by atoms with E-state index in [0.29, 0.717) is 31.2 Å². The first kappa shape index (κ1) is 18.0. The van der Waals surface area contributed by atoms with Crippen molar-refractivity contribution in [3.05, 3.63) is 41.7 Å². The number of methoxy groups -OCH3 is 1. The molecular formula is C17H23N7O2. The van der Waals surface area contributed by atoms with Crippen molar-refractivity contribution in [2.24, 2.45) is 7.05 Å². The third kappa shape index (κ3) is 3.72. The summed E-state index contributed by atoms with van der Waals surface area (Å²) < 4.78 is 8.54. The van der Waals surface area contributed by atoms with Crippen LogP contribution in [0.1, 0.15) is 41.5 Å². The van der Waals surface area contributed by atoms with E-state index in [1.54, 1.807) is 33.5 Å². The second-order valence-corrected chi connectivity index (χ2v) is 6.43. The Labute approximate surface area is 151 Å². The quantitative estimate of drug-likeness (QED) is 0.632. The summed E-state index contributed by atoms with van der Waals surface area (Å²) in [5, 5.41) is 8.36. The Morgan fingerprint density at radius 1 is 1.35 bits per heavy atom. The number of amides is 1. The fourth-order valence-electron chi connectivity index (χ4n) is 2.75. The van der Waals surface area contributed by atoms with E-state index in [0.717, 1.165) is 11.3 Å². The number of hydrogen-bond donors (Lipinski definition) is 0. The average Bonchev–Trinajstić information content (AvgIpc) is 3.25. The third-order valence-electron chi connectivity index (χ3n) is 4.07. The highest BCUT2D eigenvalue weighted by Crippen LogP contribution is 2.17. The molecule has 3 aromatic heterocycles. The molecule has 0 fully saturated rings. The van der Waals surface area contributed by atoms with Gasteiger partial charge in [-0.2, -0.15) is 15.2 Å². The smallest absolute Gasteiger partial charge is 0.273 e. The number of ether oxygens (including phenoxy) is 1. The summed E-state index contributed by atoms with van der Waals surface area (Å²) >= 11 is 0. The Morgan fingerprint density at radius 3 is 2.81 bits per heavy atom. The number of carbonyl (C=O) groups is 1. The number of nitrogens with zero attached hydrogens (tertiary/aromatic N) is 7. The summed E-state index contributed by atoms with van der Waals surface area (Å²) in [5.74, 6) is 0.436. The molecule has 0 unspecified atom stereocenters. The molecule has 9 nitrogen and oxygen atoms in total. The minimum Gasteiger partial charge on any atom is -0.383 e. The molecule has 3 heterocycles. The van der Waals surface area contributed by atoms with E-state index in [2.05, 4.69) is 20.2 Å². The molecule has 0 N–H and O–H groups in total.